The predicted octanol–water partition coefficient (Wildman–Crippen LogP) is 3.79. The number of rotatable bonds is 4. The molecule has 2 aromatic rings. The summed E-state index contributed by atoms with van der Waals surface area (Å²) in [6, 6.07) is 4.35. The molecule has 16 heavy (non-hydrogen) atoms. The van der Waals surface area contributed by atoms with Crippen LogP contribution in [0.2, 0.25) is 4.34 Å². The fraction of sp³-hybridized carbons (Fsp3) is 0.364. The topological polar surface area (TPSA) is 29.9 Å². The first kappa shape index (κ1) is 11.5. The Kier molecular flexibility index (Phi) is 3.51. The van der Waals surface area contributed by atoms with Crippen LogP contribution in [0.1, 0.15) is 24.8 Å². The van der Waals surface area contributed by atoms with E-state index in [0.717, 1.165) is 16.6 Å². The van der Waals surface area contributed by atoms with Crippen molar-refractivity contribution in [3.05, 3.63) is 33.7 Å². The maximum Gasteiger partial charge on any atom is 0.0931 e. The lowest BCUT2D eigenvalue weighted by Gasteiger charge is -2.03. The number of nitrogens with one attached hydrogen (secondary N) is 1. The molecule has 0 fully saturated rings. The standard InChI is InChI=1S/C11H14ClN3S/c1-8(2)15-7-9(5-14-15)13-6-10-3-4-11(12)16-10/h3-5,7-8,13H,6H2,1-2H3. The lowest BCUT2D eigenvalue weighted by molar-refractivity contribution is 0.532. The number of hydrogen-bond donors (Lipinski definition) is 1. The molecular weight excluding hydrogens is 242 g/mol. The summed E-state index contributed by atoms with van der Waals surface area (Å²) < 4.78 is 2.76. The van der Waals surface area contributed by atoms with Crippen LogP contribution in [0.15, 0.2) is 24.5 Å². The molecule has 2 rings (SSSR count). The number of halogens is 1. The van der Waals surface area contributed by atoms with Gasteiger partial charge < -0.3 is 5.32 Å². The van der Waals surface area contributed by atoms with Crippen molar-refractivity contribution in [2.24, 2.45) is 0 Å². The first-order chi connectivity index (χ1) is 7.65. The minimum Gasteiger partial charge on any atom is -0.378 e. The third-order valence-electron chi connectivity index (χ3n) is 2.23. The van der Waals surface area contributed by atoms with Crippen LogP contribution in [0.4, 0.5) is 5.69 Å². The second kappa shape index (κ2) is 4.89. The third-order valence-corrected chi connectivity index (χ3v) is 3.46. The van der Waals surface area contributed by atoms with Gasteiger partial charge in [-0.3, -0.25) is 4.68 Å². The molecule has 0 radical (unpaired) electrons. The van der Waals surface area contributed by atoms with Gasteiger partial charge in [0.15, 0.2) is 0 Å². The van der Waals surface area contributed by atoms with Crippen molar-refractivity contribution in [1.82, 2.24) is 9.78 Å². The molecule has 0 atom stereocenters. The summed E-state index contributed by atoms with van der Waals surface area (Å²) in [6.07, 6.45) is 3.86. The van der Waals surface area contributed by atoms with E-state index in [1.165, 1.54) is 4.88 Å². The fourth-order valence-electron chi connectivity index (χ4n) is 1.35. The van der Waals surface area contributed by atoms with Crippen LogP contribution in [0.25, 0.3) is 0 Å². The maximum atomic E-state index is 5.86. The molecule has 0 saturated carbocycles. The van der Waals surface area contributed by atoms with E-state index in [1.807, 2.05) is 29.2 Å². The van der Waals surface area contributed by atoms with Gasteiger partial charge in [-0.25, -0.2) is 0 Å². The molecule has 0 saturated heterocycles. The Morgan fingerprint density at radius 3 is 2.88 bits per heavy atom. The molecule has 1 N–H and O–H groups in total. The van der Waals surface area contributed by atoms with Crippen molar-refractivity contribution in [3.8, 4) is 0 Å². The third kappa shape index (κ3) is 2.77. The second-order valence-electron chi connectivity index (χ2n) is 3.86. The molecular formula is C11H14ClN3S. The molecule has 5 heteroatoms. The van der Waals surface area contributed by atoms with Gasteiger partial charge in [-0.1, -0.05) is 11.6 Å². The summed E-state index contributed by atoms with van der Waals surface area (Å²) in [5.74, 6) is 0. The van der Waals surface area contributed by atoms with Crippen molar-refractivity contribution >= 4 is 28.6 Å². The lowest BCUT2D eigenvalue weighted by Crippen LogP contribution is -2.00. The largest absolute Gasteiger partial charge is 0.378 e. The molecule has 0 spiro atoms. The first-order valence-electron chi connectivity index (χ1n) is 5.17. The Bertz CT molecular complexity index is 461. The quantitative estimate of drug-likeness (QED) is 0.901. The number of anilines is 1. The van der Waals surface area contributed by atoms with E-state index in [2.05, 4.69) is 24.3 Å². The van der Waals surface area contributed by atoms with E-state index in [1.54, 1.807) is 11.3 Å². The fourth-order valence-corrected chi connectivity index (χ4v) is 2.37. The average Bonchev–Trinajstić information content (AvgIpc) is 2.83. The molecule has 0 aromatic carbocycles. The molecule has 0 amide bonds. The summed E-state index contributed by atoms with van der Waals surface area (Å²) in [5.41, 5.74) is 1.04. The summed E-state index contributed by atoms with van der Waals surface area (Å²) in [4.78, 5) is 1.22. The molecule has 3 nitrogen and oxygen atoms in total. The highest BCUT2D eigenvalue weighted by Gasteiger charge is 2.02. The van der Waals surface area contributed by atoms with Gasteiger partial charge in [0, 0.05) is 23.7 Å². The number of hydrogen-bond acceptors (Lipinski definition) is 3. The average molecular weight is 256 g/mol. The van der Waals surface area contributed by atoms with Gasteiger partial charge in [0.05, 0.1) is 16.2 Å². The summed E-state index contributed by atoms with van der Waals surface area (Å²) in [5, 5.41) is 7.58. The van der Waals surface area contributed by atoms with Crippen LogP contribution in [0.5, 0.6) is 0 Å². The molecule has 86 valence electrons. The SMILES string of the molecule is CC(C)n1cc(NCc2ccc(Cl)s2)cn1. The van der Waals surface area contributed by atoms with Crippen LogP contribution < -0.4 is 5.32 Å². The van der Waals surface area contributed by atoms with Crippen molar-refractivity contribution < 1.29 is 0 Å². The van der Waals surface area contributed by atoms with Crippen LogP contribution in [0.3, 0.4) is 0 Å². The van der Waals surface area contributed by atoms with E-state index in [9.17, 15) is 0 Å². The zero-order valence-electron chi connectivity index (χ0n) is 9.27. The summed E-state index contributed by atoms with van der Waals surface area (Å²) >= 11 is 7.46. The Morgan fingerprint density at radius 1 is 1.50 bits per heavy atom. The zero-order valence-corrected chi connectivity index (χ0v) is 10.8. The molecule has 0 aliphatic carbocycles. The Labute approximate surface area is 104 Å². The summed E-state index contributed by atoms with van der Waals surface area (Å²) in [7, 11) is 0. The molecule has 2 aromatic heterocycles. The molecule has 0 aliphatic heterocycles. The molecule has 0 unspecified atom stereocenters. The Balaban J connectivity index is 1.94. The van der Waals surface area contributed by atoms with Crippen LogP contribution in [-0.2, 0) is 6.54 Å². The van der Waals surface area contributed by atoms with Gasteiger partial charge in [-0.2, -0.15) is 5.10 Å². The summed E-state index contributed by atoms with van der Waals surface area (Å²) in [6.45, 7) is 5.01. The number of aromatic nitrogens is 2. The van der Waals surface area contributed by atoms with Crippen LogP contribution >= 0.6 is 22.9 Å². The molecule has 2 heterocycles. The number of nitrogens with zero attached hydrogens (tertiary/aromatic N) is 2. The highest BCUT2D eigenvalue weighted by atomic mass is 35.5. The van der Waals surface area contributed by atoms with Crippen molar-refractivity contribution in [1.29, 1.82) is 0 Å². The van der Waals surface area contributed by atoms with Gasteiger partial charge >= 0.3 is 0 Å². The highest BCUT2D eigenvalue weighted by molar-refractivity contribution is 7.16. The normalized spacial score (nSPS) is 11.0. The molecule has 0 aliphatic rings. The van der Waals surface area contributed by atoms with E-state index in [4.69, 9.17) is 11.6 Å². The van der Waals surface area contributed by atoms with E-state index >= 15 is 0 Å². The van der Waals surface area contributed by atoms with Gasteiger partial charge in [-0.05, 0) is 26.0 Å². The minimum absolute atomic E-state index is 0.395. The smallest absolute Gasteiger partial charge is 0.0931 e. The van der Waals surface area contributed by atoms with Gasteiger partial charge in [0.25, 0.3) is 0 Å². The van der Waals surface area contributed by atoms with E-state index in [-0.39, 0.29) is 0 Å². The minimum atomic E-state index is 0.395. The van der Waals surface area contributed by atoms with Crippen molar-refractivity contribution in [2.75, 3.05) is 5.32 Å². The zero-order chi connectivity index (χ0) is 11.5. The predicted molar refractivity (Wildman–Crippen MR) is 69.3 cm³/mol. The monoisotopic (exact) mass is 255 g/mol. The van der Waals surface area contributed by atoms with Crippen LogP contribution in [-0.4, -0.2) is 9.78 Å². The van der Waals surface area contributed by atoms with E-state index < -0.39 is 0 Å². The number of thiophene rings is 1. The highest BCUT2D eigenvalue weighted by Crippen LogP contribution is 2.22. The van der Waals surface area contributed by atoms with Crippen LogP contribution in [0, 0.1) is 0 Å². The maximum absolute atomic E-state index is 5.86. The first-order valence-corrected chi connectivity index (χ1v) is 6.37. The molecule has 0 bridgehead atoms. The second-order valence-corrected chi connectivity index (χ2v) is 5.66. The van der Waals surface area contributed by atoms with E-state index in [0.29, 0.717) is 6.04 Å². The van der Waals surface area contributed by atoms with Crippen molar-refractivity contribution in [3.63, 3.8) is 0 Å². The van der Waals surface area contributed by atoms with Crippen molar-refractivity contribution in [2.45, 2.75) is 26.4 Å². The van der Waals surface area contributed by atoms with Gasteiger partial charge in [0.1, 0.15) is 0 Å². The Morgan fingerprint density at radius 2 is 2.31 bits per heavy atom. The van der Waals surface area contributed by atoms with Gasteiger partial charge in [-0.15, -0.1) is 11.3 Å². The van der Waals surface area contributed by atoms with Gasteiger partial charge in [0.2, 0.25) is 0 Å². The Hall–Kier alpha value is -1.00. The lowest BCUT2D eigenvalue weighted by atomic mass is 10.4.